The third kappa shape index (κ3) is 3.68. The van der Waals surface area contributed by atoms with Gasteiger partial charge >= 0.3 is 0 Å². The summed E-state index contributed by atoms with van der Waals surface area (Å²) in [6.07, 6.45) is 1.18. The second kappa shape index (κ2) is 6.53. The van der Waals surface area contributed by atoms with E-state index >= 15 is 0 Å². The first-order valence-electron chi connectivity index (χ1n) is 7.08. The number of benzene rings is 2. The van der Waals surface area contributed by atoms with E-state index in [0.29, 0.717) is 0 Å². The molecule has 0 aliphatic rings. The molecular weight excluding hydrogens is 230 g/mol. The summed E-state index contributed by atoms with van der Waals surface area (Å²) in [6.45, 7) is 8.55. The van der Waals surface area contributed by atoms with E-state index in [1.165, 1.54) is 34.2 Å². The third-order valence-corrected chi connectivity index (χ3v) is 3.39. The molecule has 0 atom stereocenters. The minimum atomic E-state index is 0.951. The number of rotatable bonds is 5. The Morgan fingerprint density at radius 2 is 1.84 bits per heavy atom. The Hall–Kier alpha value is -1.60. The number of aryl methyl sites for hydroxylation is 2. The molecule has 1 nitrogen and oxygen atoms in total. The van der Waals surface area contributed by atoms with Crippen molar-refractivity contribution in [3.05, 3.63) is 59.2 Å². The highest BCUT2D eigenvalue weighted by Gasteiger charge is 2.03. The predicted octanol–water partition coefficient (Wildman–Crippen LogP) is 4.47. The maximum atomic E-state index is 3.46. The molecule has 100 valence electrons. The van der Waals surface area contributed by atoms with E-state index < -0.39 is 0 Å². The van der Waals surface area contributed by atoms with Crippen LogP contribution in [0.15, 0.2) is 42.5 Å². The fourth-order valence-electron chi connectivity index (χ4n) is 2.31. The van der Waals surface area contributed by atoms with Crippen LogP contribution in [-0.4, -0.2) is 6.54 Å². The lowest BCUT2D eigenvalue weighted by molar-refractivity contribution is 0.675. The topological polar surface area (TPSA) is 12.0 Å². The third-order valence-electron chi connectivity index (χ3n) is 3.39. The summed E-state index contributed by atoms with van der Waals surface area (Å²) in [5.41, 5.74) is 6.67. The minimum Gasteiger partial charge on any atom is -0.313 e. The molecule has 0 heterocycles. The first kappa shape index (κ1) is 13.8. The summed E-state index contributed by atoms with van der Waals surface area (Å²) in [5, 5.41) is 3.46. The highest BCUT2D eigenvalue weighted by atomic mass is 14.8. The molecule has 19 heavy (non-hydrogen) atoms. The molecule has 1 N–H and O–H groups in total. The average Bonchev–Trinajstić information content (AvgIpc) is 2.42. The summed E-state index contributed by atoms with van der Waals surface area (Å²) >= 11 is 0. The van der Waals surface area contributed by atoms with E-state index in [2.05, 4.69) is 68.6 Å². The van der Waals surface area contributed by atoms with Crippen molar-refractivity contribution < 1.29 is 0 Å². The van der Waals surface area contributed by atoms with Gasteiger partial charge in [-0.3, -0.25) is 0 Å². The molecule has 2 aromatic carbocycles. The van der Waals surface area contributed by atoms with Crippen molar-refractivity contribution in [1.82, 2.24) is 5.32 Å². The van der Waals surface area contributed by atoms with Gasteiger partial charge in [0.05, 0.1) is 0 Å². The SMILES string of the molecule is CCCNCc1cccc(-c2cc(C)ccc2C)c1. The van der Waals surface area contributed by atoms with Crippen molar-refractivity contribution >= 4 is 0 Å². The monoisotopic (exact) mass is 253 g/mol. The van der Waals surface area contributed by atoms with Crippen molar-refractivity contribution in [2.75, 3.05) is 6.54 Å². The molecule has 0 saturated heterocycles. The zero-order valence-electron chi connectivity index (χ0n) is 12.2. The van der Waals surface area contributed by atoms with E-state index in [1.54, 1.807) is 0 Å². The van der Waals surface area contributed by atoms with Gasteiger partial charge in [0.15, 0.2) is 0 Å². The van der Waals surface area contributed by atoms with Gasteiger partial charge in [-0.25, -0.2) is 0 Å². The van der Waals surface area contributed by atoms with E-state index in [0.717, 1.165) is 13.1 Å². The van der Waals surface area contributed by atoms with E-state index in [9.17, 15) is 0 Å². The minimum absolute atomic E-state index is 0.951. The summed E-state index contributed by atoms with van der Waals surface area (Å²) in [5.74, 6) is 0. The molecule has 0 aliphatic heterocycles. The van der Waals surface area contributed by atoms with Gasteiger partial charge in [-0.2, -0.15) is 0 Å². The van der Waals surface area contributed by atoms with Crippen LogP contribution in [0.25, 0.3) is 11.1 Å². The molecule has 1 heteroatoms. The van der Waals surface area contributed by atoms with Crippen LogP contribution < -0.4 is 5.32 Å². The Labute approximate surface area is 116 Å². The second-order valence-corrected chi connectivity index (χ2v) is 5.20. The lowest BCUT2D eigenvalue weighted by Gasteiger charge is -2.10. The van der Waals surface area contributed by atoms with Gasteiger partial charge in [-0.15, -0.1) is 0 Å². The van der Waals surface area contributed by atoms with Crippen molar-refractivity contribution in [1.29, 1.82) is 0 Å². The first-order valence-corrected chi connectivity index (χ1v) is 7.08. The molecule has 0 bridgehead atoms. The first-order chi connectivity index (χ1) is 9.20. The molecule has 0 saturated carbocycles. The Morgan fingerprint density at radius 3 is 2.63 bits per heavy atom. The van der Waals surface area contributed by atoms with Gasteiger partial charge in [0, 0.05) is 6.54 Å². The van der Waals surface area contributed by atoms with Gasteiger partial charge in [-0.05, 0) is 55.1 Å². The Bertz CT molecular complexity index is 543. The average molecular weight is 253 g/mol. The summed E-state index contributed by atoms with van der Waals surface area (Å²) in [6, 6.07) is 15.5. The standard InChI is InChI=1S/C18H23N/c1-4-10-19-13-16-6-5-7-17(12-16)18-11-14(2)8-9-15(18)3/h5-9,11-12,19H,4,10,13H2,1-3H3. The van der Waals surface area contributed by atoms with E-state index in [1.807, 2.05) is 0 Å². The highest BCUT2D eigenvalue weighted by molar-refractivity contribution is 5.68. The molecule has 0 fully saturated rings. The lowest BCUT2D eigenvalue weighted by atomic mass is 9.97. The molecule has 2 aromatic rings. The fraction of sp³-hybridized carbons (Fsp3) is 0.333. The van der Waals surface area contributed by atoms with Crippen LogP contribution in [0.5, 0.6) is 0 Å². The Kier molecular flexibility index (Phi) is 4.75. The largest absolute Gasteiger partial charge is 0.313 e. The molecule has 0 aliphatic carbocycles. The van der Waals surface area contributed by atoms with Crippen LogP contribution in [-0.2, 0) is 6.54 Å². The van der Waals surface area contributed by atoms with E-state index in [4.69, 9.17) is 0 Å². The molecule has 0 spiro atoms. The Morgan fingerprint density at radius 1 is 1.00 bits per heavy atom. The number of nitrogens with one attached hydrogen (secondary N) is 1. The normalized spacial score (nSPS) is 10.7. The van der Waals surface area contributed by atoms with Crippen molar-refractivity contribution in [2.24, 2.45) is 0 Å². The number of hydrogen-bond donors (Lipinski definition) is 1. The van der Waals surface area contributed by atoms with E-state index in [-0.39, 0.29) is 0 Å². The van der Waals surface area contributed by atoms with Crippen LogP contribution in [0.1, 0.15) is 30.0 Å². The summed E-state index contributed by atoms with van der Waals surface area (Å²) in [7, 11) is 0. The van der Waals surface area contributed by atoms with Gasteiger partial charge < -0.3 is 5.32 Å². The summed E-state index contributed by atoms with van der Waals surface area (Å²) in [4.78, 5) is 0. The van der Waals surface area contributed by atoms with Crippen LogP contribution >= 0.6 is 0 Å². The smallest absolute Gasteiger partial charge is 0.0205 e. The quantitative estimate of drug-likeness (QED) is 0.775. The van der Waals surface area contributed by atoms with Crippen molar-refractivity contribution in [2.45, 2.75) is 33.7 Å². The Balaban J connectivity index is 2.24. The van der Waals surface area contributed by atoms with Gasteiger partial charge in [0.1, 0.15) is 0 Å². The van der Waals surface area contributed by atoms with Gasteiger partial charge in [0.25, 0.3) is 0 Å². The zero-order valence-corrected chi connectivity index (χ0v) is 12.2. The lowest BCUT2D eigenvalue weighted by Crippen LogP contribution is -2.13. The molecule has 0 amide bonds. The zero-order chi connectivity index (χ0) is 13.7. The highest BCUT2D eigenvalue weighted by Crippen LogP contribution is 2.25. The van der Waals surface area contributed by atoms with Crippen molar-refractivity contribution in [3.63, 3.8) is 0 Å². The molecule has 0 unspecified atom stereocenters. The van der Waals surface area contributed by atoms with Crippen molar-refractivity contribution in [3.8, 4) is 11.1 Å². The molecule has 2 rings (SSSR count). The van der Waals surface area contributed by atoms with Crippen LogP contribution in [0.4, 0.5) is 0 Å². The maximum Gasteiger partial charge on any atom is 0.0205 e. The van der Waals surface area contributed by atoms with Crippen LogP contribution in [0.2, 0.25) is 0 Å². The predicted molar refractivity (Wildman–Crippen MR) is 83.3 cm³/mol. The van der Waals surface area contributed by atoms with Gasteiger partial charge in [-0.1, -0.05) is 48.9 Å². The number of hydrogen-bond acceptors (Lipinski definition) is 1. The van der Waals surface area contributed by atoms with Gasteiger partial charge in [0.2, 0.25) is 0 Å². The molecule has 0 aromatic heterocycles. The molecule has 0 radical (unpaired) electrons. The summed E-state index contributed by atoms with van der Waals surface area (Å²) < 4.78 is 0. The molecular formula is C18H23N. The second-order valence-electron chi connectivity index (χ2n) is 5.20. The maximum absolute atomic E-state index is 3.46. The van der Waals surface area contributed by atoms with Crippen LogP contribution in [0, 0.1) is 13.8 Å². The fourth-order valence-corrected chi connectivity index (χ4v) is 2.31. The van der Waals surface area contributed by atoms with Crippen LogP contribution in [0.3, 0.4) is 0 Å².